The molecule has 0 saturated carbocycles. The van der Waals surface area contributed by atoms with E-state index in [1.54, 1.807) is 0 Å². The molecule has 7 aromatic carbocycles. The average molecular weight is 631 g/mol. The number of hydrogen-bond donors (Lipinski definition) is 1. The Bertz CT molecular complexity index is 2760. The minimum absolute atomic E-state index is 0.292. The van der Waals surface area contributed by atoms with E-state index < -0.39 is 0 Å². The zero-order chi connectivity index (χ0) is 32.5. The van der Waals surface area contributed by atoms with Crippen LogP contribution < -0.4 is 10.5 Å². The van der Waals surface area contributed by atoms with E-state index in [-0.39, 0.29) is 6.04 Å². The number of nitrogens with two attached hydrogens (primary N) is 1. The van der Waals surface area contributed by atoms with Crippen LogP contribution in [0.25, 0.3) is 55.0 Å². The summed E-state index contributed by atoms with van der Waals surface area (Å²) in [6.45, 7) is 0. The van der Waals surface area contributed by atoms with E-state index in [2.05, 4.69) is 124 Å². The van der Waals surface area contributed by atoms with E-state index in [0.717, 1.165) is 56.1 Å². The third kappa shape index (κ3) is 4.16. The van der Waals surface area contributed by atoms with E-state index in [4.69, 9.17) is 15.5 Å². The van der Waals surface area contributed by atoms with Crippen LogP contribution >= 0.6 is 0 Å². The Morgan fingerprint density at radius 3 is 1.96 bits per heavy atom. The van der Waals surface area contributed by atoms with Gasteiger partial charge in [0.15, 0.2) is 11.5 Å². The van der Waals surface area contributed by atoms with Gasteiger partial charge < -0.3 is 19.6 Å². The molecule has 0 bridgehead atoms. The second-order valence-electron chi connectivity index (χ2n) is 12.6. The lowest BCUT2D eigenvalue weighted by Gasteiger charge is -2.21. The highest BCUT2D eigenvalue weighted by Gasteiger charge is 2.28. The van der Waals surface area contributed by atoms with Crippen LogP contribution in [0.15, 0.2) is 169 Å². The number of nitrogens with zero attached hydrogens (tertiary/aromatic N) is 3. The van der Waals surface area contributed by atoms with E-state index in [0.29, 0.717) is 5.84 Å². The minimum Gasteiger partial charge on any atom is -0.453 e. The van der Waals surface area contributed by atoms with Gasteiger partial charge >= 0.3 is 0 Å². The first-order valence-electron chi connectivity index (χ1n) is 16.5. The number of aromatic nitrogens is 2. The zero-order valence-electron chi connectivity index (χ0n) is 26.5. The second kappa shape index (κ2) is 10.7. The molecule has 5 heteroatoms. The van der Waals surface area contributed by atoms with E-state index in [9.17, 15) is 0 Å². The van der Waals surface area contributed by atoms with Crippen LogP contribution in [0.1, 0.15) is 22.7 Å². The third-order valence-electron chi connectivity index (χ3n) is 9.76. The molecule has 2 aromatic heterocycles. The summed E-state index contributed by atoms with van der Waals surface area (Å²) in [5, 5.41) is 4.81. The Labute approximate surface area is 282 Å². The Morgan fingerprint density at radius 2 is 1.16 bits per heavy atom. The molecule has 0 saturated heterocycles. The second-order valence-corrected chi connectivity index (χ2v) is 12.6. The maximum atomic E-state index is 6.71. The fraction of sp³-hybridized carbons (Fsp3) is 0.0227. The van der Waals surface area contributed by atoms with Crippen molar-refractivity contribution in [2.24, 2.45) is 10.7 Å². The maximum absolute atomic E-state index is 6.71. The van der Waals surface area contributed by atoms with E-state index in [1.807, 2.05) is 48.5 Å². The minimum atomic E-state index is -0.292. The van der Waals surface area contributed by atoms with Crippen molar-refractivity contribution in [2.75, 3.05) is 0 Å². The summed E-state index contributed by atoms with van der Waals surface area (Å²) < 4.78 is 11.4. The molecule has 0 spiro atoms. The molecule has 5 nitrogen and oxygen atoms in total. The highest BCUT2D eigenvalue weighted by Crippen LogP contribution is 2.50. The van der Waals surface area contributed by atoms with Crippen molar-refractivity contribution in [3.8, 4) is 22.9 Å². The van der Waals surface area contributed by atoms with Gasteiger partial charge in [-0.2, -0.15) is 0 Å². The number of rotatable bonds is 5. The molecule has 0 radical (unpaired) electrons. The molecule has 0 aliphatic carbocycles. The first-order valence-corrected chi connectivity index (χ1v) is 16.5. The van der Waals surface area contributed by atoms with E-state index >= 15 is 0 Å². The van der Waals surface area contributed by atoms with Crippen molar-refractivity contribution in [1.29, 1.82) is 0 Å². The first kappa shape index (κ1) is 27.5. The van der Waals surface area contributed by atoms with Gasteiger partial charge in [-0.05, 0) is 47.5 Å². The molecule has 9 aromatic rings. The monoisotopic (exact) mass is 630 g/mol. The van der Waals surface area contributed by atoms with Crippen LogP contribution in [0.2, 0.25) is 0 Å². The van der Waals surface area contributed by atoms with Crippen LogP contribution in [0.3, 0.4) is 0 Å². The van der Waals surface area contributed by atoms with Gasteiger partial charge in [0, 0.05) is 38.9 Å². The Kier molecular flexibility index (Phi) is 6.02. The van der Waals surface area contributed by atoms with Crippen molar-refractivity contribution >= 4 is 49.4 Å². The number of amidine groups is 1. The largest absolute Gasteiger partial charge is 0.453 e. The highest BCUT2D eigenvalue weighted by atomic mass is 16.5. The van der Waals surface area contributed by atoms with Crippen LogP contribution in [0.4, 0.5) is 0 Å². The van der Waals surface area contributed by atoms with Gasteiger partial charge in [-0.3, -0.25) is 4.99 Å². The van der Waals surface area contributed by atoms with Crippen molar-refractivity contribution in [3.63, 3.8) is 0 Å². The van der Waals surface area contributed by atoms with Gasteiger partial charge in [-0.1, -0.05) is 121 Å². The Balaban J connectivity index is 1.25. The predicted molar refractivity (Wildman–Crippen MR) is 201 cm³/mol. The topological polar surface area (TPSA) is 57.5 Å². The maximum Gasteiger partial charge on any atom is 0.154 e. The standard InChI is InChI=1S/C44H30N4O/c45-44(29-16-5-2-6-17-29)46-42(28-14-3-1-4-15-28)30-18-13-19-31(26-30)47-34-22-9-7-20-32(34)40-37(47)27-39-43-41(40)33-21-8-10-23-35(33)48(43)36-24-11-12-25-38(36)49-39/h1-27,42H,(H2,45,46). The molecule has 1 aliphatic rings. The number of ether oxygens (including phenoxy) is 1. The summed E-state index contributed by atoms with van der Waals surface area (Å²) in [6, 6.07) is 56.6. The van der Waals surface area contributed by atoms with Crippen LogP contribution in [-0.2, 0) is 0 Å². The molecule has 2 N–H and O–H groups in total. The number of hydrogen-bond acceptors (Lipinski definition) is 2. The summed E-state index contributed by atoms with van der Waals surface area (Å²) in [4.78, 5) is 5.13. The molecule has 10 rings (SSSR count). The summed E-state index contributed by atoms with van der Waals surface area (Å²) in [5.74, 6) is 2.20. The Hall–Kier alpha value is -6.59. The lowest BCUT2D eigenvalue weighted by molar-refractivity contribution is 0.477. The Morgan fingerprint density at radius 1 is 0.531 bits per heavy atom. The predicted octanol–water partition coefficient (Wildman–Crippen LogP) is 10.5. The molecule has 0 fully saturated rings. The van der Waals surface area contributed by atoms with Gasteiger partial charge in [0.2, 0.25) is 0 Å². The molecule has 49 heavy (non-hydrogen) atoms. The third-order valence-corrected chi connectivity index (χ3v) is 9.76. The molecular formula is C44H30N4O. The fourth-order valence-corrected chi connectivity index (χ4v) is 7.66. The first-order chi connectivity index (χ1) is 24.2. The number of aliphatic imine (C=N–C) groups is 1. The van der Waals surface area contributed by atoms with Crippen LogP contribution in [0.5, 0.6) is 11.5 Å². The average Bonchev–Trinajstić information content (AvgIpc) is 3.68. The number of fused-ring (bicyclic) bond motifs is 9. The molecular weight excluding hydrogens is 601 g/mol. The van der Waals surface area contributed by atoms with Gasteiger partial charge in [-0.25, -0.2) is 0 Å². The van der Waals surface area contributed by atoms with Gasteiger partial charge in [0.25, 0.3) is 0 Å². The van der Waals surface area contributed by atoms with Crippen molar-refractivity contribution in [1.82, 2.24) is 9.13 Å². The molecule has 3 heterocycles. The van der Waals surface area contributed by atoms with Crippen molar-refractivity contribution in [2.45, 2.75) is 6.04 Å². The highest BCUT2D eigenvalue weighted by molar-refractivity contribution is 6.30. The lowest BCUT2D eigenvalue weighted by atomic mass is 9.98. The van der Waals surface area contributed by atoms with Crippen LogP contribution in [-0.4, -0.2) is 15.0 Å². The fourth-order valence-electron chi connectivity index (χ4n) is 7.66. The van der Waals surface area contributed by atoms with Gasteiger partial charge in [0.1, 0.15) is 11.9 Å². The summed E-state index contributed by atoms with van der Waals surface area (Å²) in [7, 11) is 0. The molecule has 232 valence electrons. The summed E-state index contributed by atoms with van der Waals surface area (Å²) in [6.07, 6.45) is 0. The normalized spacial score (nSPS) is 13.2. The lowest BCUT2D eigenvalue weighted by Crippen LogP contribution is -2.15. The zero-order valence-corrected chi connectivity index (χ0v) is 26.5. The SMILES string of the molecule is NC(=NC(c1ccccc1)c1cccc(-n2c3ccccc3c3c4c5ccccc5n5c4c(cc32)Oc2ccccc2-5)c1)c1ccccc1. The molecule has 1 aliphatic heterocycles. The summed E-state index contributed by atoms with van der Waals surface area (Å²) >= 11 is 0. The molecule has 1 unspecified atom stereocenters. The van der Waals surface area contributed by atoms with Crippen molar-refractivity contribution < 1.29 is 4.74 Å². The van der Waals surface area contributed by atoms with Gasteiger partial charge in [-0.15, -0.1) is 0 Å². The quantitative estimate of drug-likeness (QED) is 0.152. The van der Waals surface area contributed by atoms with Crippen molar-refractivity contribution in [3.05, 3.63) is 180 Å². The summed E-state index contributed by atoms with van der Waals surface area (Å²) in [5.41, 5.74) is 16.3. The van der Waals surface area contributed by atoms with Gasteiger partial charge in [0.05, 0.1) is 27.8 Å². The molecule has 0 amide bonds. The van der Waals surface area contributed by atoms with E-state index in [1.165, 1.54) is 27.1 Å². The molecule has 1 atom stereocenters. The smallest absolute Gasteiger partial charge is 0.154 e. The van der Waals surface area contributed by atoms with Crippen LogP contribution in [0, 0.1) is 0 Å². The number of para-hydroxylation sites is 4. The number of benzene rings is 7.